The highest BCUT2D eigenvalue weighted by atomic mass is 31.2. The van der Waals surface area contributed by atoms with E-state index in [0.29, 0.717) is 166 Å². The van der Waals surface area contributed by atoms with E-state index in [4.69, 9.17) is 83.7 Å². The van der Waals surface area contributed by atoms with E-state index in [2.05, 4.69) is 56.9 Å². The number of pyridine rings is 3. The summed E-state index contributed by atoms with van der Waals surface area (Å²) in [6, 6.07) is 29.4. The first-order valence-corrected chi connectivity index (χ1v) is 49.0. The Balaban J connectivity index is 0.000000207. The number of ether oxygens (including phenoxy) is 3. The van der Waals surface area contributed by atoms with Crippen LogP contribution in [0.5, 0.6) is 34.5 Å². The third-order valence-corrected chi connectivity index (χ3v) is 22.5. The summed E-state index contributed by atoms with van der Waals surface area (Å²) in [6.07, 6.45) is 28.6. The number of phenolic OH excluding ortho intramolecular Hbond substituents is 2. The van der Waals surface area contributed by atoms with E-state index >= 15 is 0 Å². The standard InChI is InChI=1S/C30H37N5O10P2.2C30H36N5O7P/c1-3-5-9-26-34-28-29(35(26)19-21-18-22(44-46(37,38)39)11-13-25(21)45-47(40,41)42)23-17-20(10-12-24(23)33-30(28)31)8-6-15-43-16-7-14-32-27(36)4-2;1-3-5-9-26-34-28-29(35(26)19-21-18-22(11-13-25(21)36)42-43(38,39)40)23-17-20(10-12-24(23)33-30(28)31)8-6-15-41-16-7-14-32-27(37)4-2;1-3-5-9-26-34-28-29(35(26)19-21-18-22(36)11-13-25(21)42-43(38,39)40)23-17-20(10-12-24(23)33-30(28)31)8-6-15-41-16-7-14-32-27(37)4-2/h2,10-13,17-18H,3,5-9,14-16,19H2,1H3,(H2,31,33)(H,32,36)(H2,37,38,39)(H2,40,41,42);2*2,10-13,17-18,36H,3,5-9,14-16,19H2,1H3,(H2,31,33)(H,32,37)(H2,38,39,40). The summed E-state index contributed by atoms with van der Waals surface area (Å²) < 4.78 is 88.7. The second kappa shape index (κ2) is 48.4. The van der Waals surface area contributed by atoms with Crippen LogP contribution in [0.1, 0.15) is 149 Å². The predicted molar refractivity (Wildman–Crippen MR) is 502 cm³/mol. The molecular formula is C90H109N15O24P4. The number of carbonyl (C=O) groups excluding carboxylic acids is 3. The molecule has 0 unspecified atom stereocenters. The highest BCUT2D eigenvalue weighted by Gasteiger charge is 2.29. The fourth-order valence-corrected chi connectivity index (χ4v) is 16.3. The summed E-state index contributed by atoms with van der Waals surface area (Å²) in [4.78, 5) is 137. The van der Waals surface area contributed by atoms with Gasteiger partial charge in [0.25, 0.3) is 17.7 Å². The number of aryl methyl sites for hydroxylation is 6. The number of imidazole rings is 3. The molecule has 0 saturated carbocycles. The third kappa shape index (κ3) is 30.6. The molecule has 0 saturated heterocycles. The quantitative estimate of drug-likeness (QED) is 0.00957. The van der Waals surface area contributed by atoms with Gasteiger partial charge in [-0.15, -0.1) is 19.3 Å². The molecule has 39 nitrogen and oxygen atoms in total. The van der Waals surface area contributed by atoms with Crippen molar-refractivity contribution in [2.45, 2.75) is 156 Å². The molecule has 0 aliphatic rings. The number of fused-ring (bicyclic) bond motifs is 9. The molecule has 6 aromatic carbocycles. The summed E-state index contributed by atoms with van der Waals surface area (Å²) in [5.74, 6) is 6.94. The number of hydrogen-bond donors (Lipinski definition) is 16. The SMILES string of the molecule is C#CC(=O)NCCCOCCCc1ccc2nc(N)c3nc(CCCC)n(Cc4cc(O)ccc4OP(=O)(O)O)c3c2c1.C#CC(=O)NCCCOCCCc1ccc2nc(N)c3nc(CCCC)n(Cc4cc(OP(=O)(O)O)ccc4O)c3c2c1.C#CC(=O)NCCCOCCCc1ccc2nc(N)c3nc(CCCC)n(Cc4cc(OP(=O)(O)O)ccc4OP(=O)(O)O)c3c2c1. The third-order valence-electron chi connectivity index (χ3n) is 20.7. The normalized spacial score (nSPS) is 11.7. The van der Waals surface area contributed by atoms with Crippen molar-refractivity contribution < 1.29 is 114 Å². The van der Waals surface area contributed by atoms with Crippen LogP contribution < -0.4 is 51.2 Å². The summed E-state index contributed by atoms with van der Waals surface area (Å²) in [5.41, 5.74) is 28.9. The van der Waals surface area contributed by atoms with Gasteiger partial charge in [0.2, 0.25) is 0 Å². The highest BCUT2D eigenvalue weighted by molar-refractivity contribution is 7.47. The number of aromatic hydroxyl groups is 2. The van der Waals surface area contributed by atoms with E-state index in [9.17, 15) is 82.0 Å². The lowest BCUT2D eigenvalue weighted by atomic mass is 10.1. The Hall–Kier alpha value is -12.3. The first-order chi connectivity index (χ1) is 63.5. The minimum atomic E-state index is -5.00. The van der Waals surface area contributed by atoms with Gasteiger partial charge in [-0.05, 0) is 202 Å². The molecule has 3 amide bonds. The second-order valence-electron chi connectivity index (χ2n) is 30.9. The van der Waals surface area contributed by atoms with E-state index in [1.54, 1.807) is 0 Å². The number of terminal acetylenes is 3. The van der Waals surface area contributed by atoms with Crippen molar-refractivity contribution in [3.63, 3.8) is 0 Å². The number of hydrogen-bond acceptors (Lipinski definition) is 25. The van der Waals surface area contributed by atoms with Crippen LogP contribution in [-0.2, 0) is 105 Å². The number of anilines is 3. The largest absolute Gasteiger partial charge is 0.524 e. The van der Waals surface area contributed by atoms with Crippen LogP contribution in [0.4, 0.5) is 17.5 Å². The van der Waals surface area contributed by atoms with Crippen molar-refractivity contribution in [1.29, 1.82) is 0 Å². The van der Waals surface area contributed by atoms with Gasteiger partial charge in [0.05, 0.1) is 52.7 Å². The van der Waals surface area contributed by atoms with E-state index in [-0.39, 0.29) is 71.3 Å². The number of nitrogen functional groups attached to an aromatic ring is 3. The summed E-state index contributed by atoms with van der Waals surface area (Å²) >= 11 is 0. The number of unbranched alkanes of at least 4 members (excludes halogenated alkanes) is 3. The first kappa shape index (κ1) is 103. The second-order valence-corrected chi connectivity index (χ2v) is 35.5. The summed E-state index contributed by atoms with van der Waals surface area (Å²) in [5, 5.41) is 31.1. The maximum atomic E-state index is 11.8. The molecule has 0 spiro atoms. The van der Waals surface area contributed by atoms with Crippen LogP contribution in [0, 0.1) is 37.0 Å². The molecule has 43 heteroatoms. The lowest BCUT2D eigenvalue weighted by molar-refractivity contribution is -0.116. The van der Waals surface area contributed by atoms with Crippen LogP contribution in [0.2, 0.25) is 0 Å². The van der Waals surface area contributed by atoms with Gasteiger partial charge in [0, 0.05) is 111 Å². The highest BCUT2D eigenvalue weighted by Crippen LogP contribution is 2.46. The molecule has 6 heterocycles. The Bertz CT molecular complexity index is 6480. The molecule has 0 atom stereocenters. The van der Waals surface area contributed by atoms with Gasteiger partial charge in [-0.25, -0.2) is 48.2 Å². The first-order valence-electron chi connectivity index (χ1n) is 42.9. The number of nitrogens with two attached hydrogens (primary N) is 3. The van der Waals surface area contributed by atoms with Gasteiger partial charge >= 0.3 is 31.3 Å². The van der Waals surface area contributed by atoms with Crippen molar-refractivity contribution >= 4 is 132 Å². The fraction of sp³-hybridized carbons (Fsp3) is 0.367. The smallest absolute Gasteiger partial charge is 0.508 e. The van der Waals surface area contributed by atoms with Crippen LogP contribution in [0.25, 0.3) is 65.8 Å². The molecular weight excluding hydrogens is 1800 g/mol. The van der Waals surface area contributed by atoms with Crippen LogP contribution in [0.15, 0.2) is 109 Å². The Kier molecular flexibility index (Phi) is 37.4. The Morgan fingerprint density at radius 1 is 0.376 bits per heavy atom. The lowest BCUT2D eigenvalue weighted by Crippen LogP contribution is -2.23. The van der Waals surface area contributed by atoms with Gasteiger partial charge in [0.1, 0.15) is 68.5 Å². The molecule has 0 aliphatic carbocycles. The van der Waals surface area contributed by atoms with Gasteiger partial charge in [0.15, 0.2) is 17.5 Å². The minimum absolute atomic E-state index is 0.0418. The molecule has 0 fully saturated rings. The van der Waals surface area contributed by atoms with Crippen molar-refractivity contribution in [3.05, 3.63) is 160 Å². The molecule has 0 radical (unpaired) electrons. The number of amides is 3. The number of nitrogens with zero attached hydrogens (tertiary/aromatic N) is 9. The molecule has 708 valence electrons. The minimum Gasteiger partial charge on any atom is -0.508 e. The van der Waals surface area contributed by atoms with Gasteiger partial charge < -0.3 is 89.4 Å². The number of rotatable bonds is 47. The molecule has 12 rings (SSSR count). The van der Waals surface area contributed by atoms with Crippen LogP contribution >= 0.6 is 31.3 Å². The van der Waals surface area contributed by atoms with E-state index in [1.165, 1.54) is 48.5 Å². The number of benzene rings is 6. The van der Waals surface area contributed by atoms with Crippen LogP contribution in [-0.4, -0.2) is 170 Å². The fourth-order valence-electron chi connectivity index (χ4n) is 14.7. The number of phosphoric acid groups is 4. The molecule has 133 heavy (non-hydrogen) atoms. The monoisotopic (exact) mass is 1910 g/mol. The van der Waals surface area contributed by atoms with Crippen LogP contribution in [0.3, 0.4) is 0 Å². The molecule has 19 N–H and O–H groups in total. The predicted octanol–water partition coefficient (Wildman–Crippen LogP) is 11.2. The maximum absolute atomic E-state index is 11.8. The molecule has 0 aliphatic heterocycles. The topological polar surface area (TPSA) is 593 Å². The number of carbonyl (C=O) groups is 3. The number of phosphoric ester groups is 4. The zero-order valence-electron chi connectivity index (χ0n) is 73.6. The molecule has 6 aromatic heterocycles. The van der Waals surface area contributed by atoms with Crippen molar-refractivity contribution in [1.82, 2.24) is 59.6 Å². The molecule has 12 aromatic rings. The number of phenols is 2. The lowest BCUT2D eigenvalue weighted by Gasteiger charge is -2.17. The van der Waals surface area contributed by atoms with Gasteiger partial charge in [-0.1, -0.05) is 58.2 Å². The zero-order valence-corrected chi connectivity index (χ0v) is 77.1. The Morgan fingerprint density at radius 3 is 1.02 bits per heavy atom. The average molecular weight is 1910 g/mol. The summed E-state index contributed by atoms with van der Waals surface area (Å²) in [7, 11) is -19.6. The Labute approximate surface area is 766 Å². The number of aromatic nitrogens is 9. The zero-order chi connectivity index (χ0) is 96.2. The van der Waals surface area contributed by atoms with Gasteiger partial charge in [-0.3, -0.25) is 53.5 Å². The van der Waals surface area contributed by atoms with E-state index in [1.807, 2.05) is 80.9 Å². The summed E-state index contributed by atoms with van der Waals surface area (Å²) in [6.45, 7) is 10.9. The van der Waals surface area contributed by atoms with Crippen molar-refractivity contribution in [3.8, 4) is 71.5 Å². The Morgan fingerprint density at radius 2 is 0.684 bits per heavy atom. The average Bonchev–Trinajstić information content (AvgIpc) is 1.61. The molecule has 0 bridgehead atoms. The number of nitrogens with one attached hydrogen (secondary N) is 3. The maximum Gasteiger partial charge on any atom is 0.524 e. The van der Waals surface area contributed by atoms with E-state index in [0.717, 1.165) is 132 Å². The van der Waals surface area contributed by atoms with E-state index < -0.39 is 49.0 Å². The van der Waals surface area contributed by atoms with Gasteiger partial charge in [-0.2, -0.15) is 0 Å². The van der Waals surface area contributed by atoms with Crippen molar-refractivity contribution in [2.24, 2.45) is 0 Å². The van der Waals surface area contributed by atoms with Crippen molar-refractivity contribution in [2.75, 3.05) is 76.5 Å².